The fourth-order valence-electron chi connectivity index (χ4n) is 2.86. The summed E-state index contributed by atoms with van der Waals surface area (Å²) in [5.41, 5.74) is 1.62. The largest absolute Gasteiger partial charge is 0.451 e. The number of nitrogens with zero attached hydrogens (tertiary/aromatic N) is 1. The van der Waals surface area contributed by atoms with Gasteiger partial charge in [0, 0.05) is 18.7 Å². The van der Waals surface area contributed by atoms with E-state index in [1.165, 1.54) is 0 Å². The lowest BCUT2D eigenvalue weighted by Gasteiger charge is -2.20. The van der Waals surface area contributed by atoms with Crippen LogP contribution < -0.4 is 5.32 Å². The van der Waals surface area contributed by atoms with Crippen molar-refractivity contribution in [3.63, 3.8) is 0 Å². The summed E-state index contributed by atoms with van der Waals surface area (Å²) in [5, 5.41) is 2.53. The van der Waals surface area contributed by atoms with Gasteiger partial charge in [0.25, 0.3) is 11.8 Å². The number of carbonyl (C=O) groups excluding carboxylic acids is 3. The van der Waals surface area contributed by atoms with E-state index in [1.54, 1.807) is 24.0 Å². The number of hydrogen-bond acceptors (Lipinski definition) is 4. The van der Waals surface area contributed by atoms with Gasteiger partial charge in [0.1, 0.15) is 6.54 Å². The van der Waals surface area contributed by atoms with E-state index in [4.69, 9.17) is 4.74 Å². The first-order valence-corrected chi connectivity index (χ1v) is 9.05. The Balaban J connectivity index is 1.81. The molecule has 1 aromatic rings. The van der Waals surface area contributed by atoms with Gasteiger partial charge in [-0.1, -0.05) is 32.9 Å². The molecule has 26 heavy (non-hydrogen) atoms. The van der Waals surface area contributed by atoms with Gasteiger partial charge in [-0.15, -0.1) is 0 Å². The lowest BCUT2D eigenvalue weighted by molar-refractivity contribution is -0.157. The molecule has 1 unspecified atom stereocenters. The minimum atomic E-state index is -0.830. The van der Waals surface area contributed by atoms with Crippen molar-refractivity contribution >= 4 is 17.8 Å². The number of carbonyl (C=O) groups is 3. The first-order valence-electron chi connectivity index (χ1n) is 9.05. The first-order chi connectivity index (χ1) is 12.2. The Morgan fingerprint density at radius 3 is 2.23 bits per heavy atom. The molecule has 0 spiro atoms. The minimum Gasteiger partial charge on any atom is -0.451 e. The molecular formula is C20H28N2O4. The molecule has 6 nitrogen and oxygen atoms in total. The highest BCUT2D eigenvalue weighted by Gasteiger charge is 2.26. The first kappa shape index (κ1) is 19.9. The zero-order valence-corrected chi connectivity index (χ0v) is 16.0. The topological polar surface area (TPSA) is 75.7 Å². The molecule has 6 heteroatoms. The smallest absolute Gasteiger partial charge is 0.326 e. The van der Waals surface area contributed by atoms with Crippen LogP contribution in [-0.2, 0) is 19.7 Å². The van der Waals surface area contributed by atoms with E-state index in [-0.39, 0.29) is 23.8 Å². The molecule has 0 radical (unpaired) electrons. The van der Waals surface area contributed by atoms with Gasteiger partial charge in [0.05, 0.1) is 0 Å². The van der Waals surface area contributed by atoms with Gasteiger partial charge in [-0.2, -0.15) is 0 Å². The van der Waals surface area contributed by atoms with Crippen LogP contribution in [-0.4, -0.2) is 48.4 Å². The molecule has 1 fully saturated rings. The normalized spacial score (nSPS) is 15.5. The molecule has 1 aliphatic rings. The molecule has 1 saturated heterocycles. The van der Waals surface area contributed by atoms with E-state index in [2.05, 4.69) is 26.1 Å². The van der Waals surface area contributed by atoms with Crippen molar-refractivity contribution < 1.29 is 19.1 Å². The van der Waals surface area contributed by atoms with Crippen molar-refractivity contribution in [2.45, 2.75) is 52.1 Å². The fraction of sp³-hybridized carbons (Fsp3) is 0.550. The van der Waals surface area contributed by atoms with E-state index in [9.17, 15) is 14.4 Å². The third-order valence-electron chi connectivity index (χ3n) is 4.48. The molecule has 0 aliphatic carbocycles. The zero-order valence-electron chi connectivity index (χ0n) is 16.0. The van der Waals surface area contributed by atoms with Crippen molar-refractivity contribution in [3.05, 3.63) is 35.4 Å². The number of nitrogens with one attached hydrogen (secondary N) is 1. The number of likely N-dealkylation sites (tertiary alicyclic amines) is 1. The van der Waals surface area contributed by atoms with Gasteiger partial charge in [0.2, 0.25) is 0 Å². The molecule has 0 bridgehead atoms. The van der Waals surface area contributed by atoms with Gasteiger partial charge in [-0.25, -0.2) is 0 Å². The summed E-state index contributed by atoms with van der Waals surface area (Å²) >= 11 is 0. The third kappa shape index (κ3) is 5.31. The molecule has 2 rings (SSSR count). The quantitative estimate of drug-likeness (QED) is 0.818. The molecule has 1 heterocycles. The van der Waals surface area contributed by atoms with E-state index in [0.29, 0.717) is 18.7 Å². The summed E-state index contributed by atoms with van der Waals surface area (Å²) in [4.78, 5) is 37.8. The number of benzene rings is 1. The number of esters is 1. The van der Waals surface area contributed by atoms with Gasteiger partial charge >= 0.3 is 5.97 Å². The van der Waals surface area contributed by atoms with Crippen LogP contribution in [0.25, 0.3) is 0 Å². The average molecular weight is 360 g/mol. The van der Waals surface area contributed by atoms with Gasteiger partial charge in [-0.3, -0.25) is 14.4 Å². The molecule has 1 aliphatic heterocycles. The Morgan fingerprint density at radius 2 is 1.69 bits per heavy atom. The second kappa shape index (κ2) is 8.34. The molecule has 1 atom stereocenters. The van der Waals surface area contributed by atoms with Crippen LogP contribution >= 0.6 is 0 Å². The van der Waals surface area contributed by atoms with Gasteiger partial charge < -0.3 is 15.0 Å². The molecule has 2 amide bonds. The predicted molar refractivity (Wildman–Crippen MR) is 98.8 cm³/mol. The second-order valence-corrected chi connectivity index (χ2v) is 7.67. The summed E-state index contributed by atoms with van der Waals surface area (Å²) in [5.74, 6) is -1.15. The van der Waals surface area contributed by atoms with Crippen LogP contribution in [0.1, 0.15) is 56.5 Å². The summed E-state index contributed by atoms with van der Waals surface area (Å²) in [6, 6.07) is 7.29. The maximum absolute atomic E-state index is 12.1. The Kier molecular flexibility index (Phi) is 6.40. The monoisotopic (exact) mass is 360 g/mol. The molecule has 142 valence electrons. The zero-order chi connectivity index (χ0) is 19.3. The van der Waals surface area contributed by atoms with Crippen LogP contribution in [0.3, 0.4) is 0 Å². The second-order valence-electron chi connectivity index (χ2n) is 7.67. The highest BCUT2D eigenvalue weighted by Crippen LogP contribution is 2.22. The van der Waals surface area contributed by atoms with Crippen molar-refractivity contribution in [2.24, 2.45) is 0 Å². The van der Waals surface area contributed by atoms with Crippen molar-refractivity contribution in [1.82, 2.24) is 10.2 Å². The third-order valence-corrected chi connectivity index (χ3v) is 4.48. The van der Waals surface area contributed by atoms with Crippen molar-refractivity contribution in [1.29, 1.82) is 0 Å². The number of rotatable bonds is 5. The summed E-state index contributed by atoms with van der Waals surface area (Å²) in [6.45, 7) is 9.02. The van der Waals surface area contributed by atoms with Gasteiger partial charge in [-0.05, 0) is 42.9 Å². The summed E-state index contributed by atoms with van der Waals surface area (Å²) in [6.07, 6.45) is 1.14. The highest BCUT2D eigenvalue weighted by atomic mass is 16.5. The molecular weight excluding hydrogens is 332 g/mol. The average Bonchev–Trinajstić information content (AvgIpc) is 3.12. The minimum absolute atomic E-state index is 0.0107. The van der Waals surface area contributed by atoms with E-state index in [0.717, 1.165) is 18.4 Å². The number of amides is 2. The predicted octanol–water partition coefficient (Wildman–Crippen LogP) is 2.27. The van der Waals surface area contributed by atoms with Crippen LogP contribution in [0.15, 0.2) is 24.3 Å². The standard InChI is InChI=1S/C20H28N2O4/c1-14(19(25)22-11-5-6-12-22)26-17(23)13-21-18(24)15-7-9-16(10-8-15)20(2,3)4/h7-10,14H,5-6,11-13H2,1-4H3,(H,21,24). The molecule has 0 aromatic heterocycles. The van der Waals surface area contributed by atoms with Crippen LogP contribution in [0.5, 0.6) is 0 Å². The van der Waals surface area contributed by atoms with Crippen molar-refractivity contribution in [2.75, 3.05) is 19.6 Å². The Hall–Kier alpha value is -2.37. The molecule has 1 aromatic carbocycles. The highest BCUT2D eigenvalue weighted by molar-refractivity contribution is 5.96. The van der Waals surface area contributed by atoms with Crippen LogP contribution in [0.2, 0.25) is 0 Å². The lowest BCUT2D eigenvalue weighted by atomic mass is 9.87. The number of ether oxygens (including phenoxy) is 1. The Bertz CT molecular complexity index is 655. The molecule has 0 saturated carbocycles. The maximum atomic E-state index is 12.1. The summed E-state index contributed by atoms with van der Waals surface area (Å²) < 4.78 is 5.13. The van der Waals surface area contributed by atoms with E-state index < -0.39 is 12.1 Å². The lowest BCUT2D eigenvalue weighted by Crippen LogP contribution is -2.40. The van der Waals surface area contributed by atoms with E-state index >= 15 is 0 Å². The van der Waals surface area contributed by atoms with Crippen molar-refractivity contribution in [3.8, 4) is 0 Å². The van der Waals surface area contributed by atoms with Crippen LogP contribution in [0, 0.1) is 0 Å². The van der Waals surface area contributed by atoms with Crippen LogP contribution in [0.4, 0.5) is 0 Å². The Morgan fingerprint density at radius 1 is 1.12 bits per heavy atom. The van der Waals surface area contributed by atoms with E-state index in [1.807, 2.05) is 12.1 Å². The maximum Gasteiger partial charge on any atom is 0.326 e. The molecule has 1 N–H and O–H groups in total. The SMILES string of the molecule is CC(OC(=O)CNC(=O)c1ccc(C(C)(C)C)cc1)C(=O)N1CCCC1. The Labute approximate surface area is 154 Å². The van der Waals surface area contributed by atoms with Gasteiger partial charge in [0.15, 0.2) is 6.10 Å². The summed E-state index contributed by atoms with van der Waals surface area (Å²) in [7, 11) is 0. The fourth-order valence-corrected chi connectivity index (χ4v) is 2.86. The number of hydrogen-bond donors (Lipinski definition) is 1.